The highest BCUT2D eigenvalue weighted by atomic mass is 19.3. The molecule has 2 fully saturated rings. The molecule has 1 saturated heterocycles. The predicted molar refractivity (Wildman–Crippen MR) is 152 cm³/mol. The number of carbonyl (C=O) groups is 3. The first kappa shape index (κ1) is 30.3. The van der Waals surface area contributed by atoms with Crippen LogP contribution < -0.4 is 19.5 Å². The lowest BCUT2D eigenvalue weighted by Gasteiger charge is -2.34. The van der Waals surface area contributed by atoms with Crippen molar-refractivity contribution in [1.82, 2.24) is 20.2 Å². The zero-order valence-corrected chi connectivity index (χ0v) is 25.5. The van der Waals surface area contributed by atoms with Crippen molar-refractivity contribution in [3.63, 3.8) is 0 Å². The zero-order valence-electron chi connectivity index (χ0n) is 25.5. The summed E-state index contributed by atoms with van der Waals surface area (Å²) in [6.07, 6.45) is 0.230. The number of nitrogens with zero attached hydrogens (tertiary/aromatic N) is 3. The lowest BCUT2D eigenvalue weighted by Crippen LogP contribution is -2.56. The van der Waals surface area contributed by atoms with E-state index in [2.05, 4.69) is 15.0 Å². The minimum atomic E-state index is -3.83. The third-order valence-corrected chi connectivity index (χ3v) is 9.31. The second-order valence-corrected chi connectivity index (χ2v) is 13.7. The number of aromatic nitrogens is 2. The van der Waals surface area contributed by atoms with E-state index in [-0.39, 0.29) is 35.4 Å². The number of hydrogen-bond donors (Lipinski definition) is 1. The number of rotatable bonds is 1. The van der Waals surface area contributed by atoms with Crippen LogP contribution in [0.1, 0.15) is 72.4 Å². The second-order valence-electron chi connectivity index (χ2n) is 13.7. The summed E-state index contributed by atoms with van der Waals surface area (Å²) in [4.78, 5) is 50.1. The number of aldehydes is 1. The third kappa shape index (κ3) is 5.61. The number of alkyl carbamates (subject to hydrolysis) is 1. The summed E-state index contributed by atoms with van der Waals surface area (Å²) in [5.74, 6) is -0.920. The van der Waals surface area contributed by atoms with Gasteiger partial charge in [0.05, 0.1) is 18.1 Å². The molecule has 2 bridgehead atoms. The quantitative estimate of drug-likeness (QED) is 0.450. The van der Waals surface area contributed by atoms with Gasteiger partial charge in [0, 0.05) is 11.8 Å². The first-order valence-corrected chi connectivity index (χ1v) is 15.2. The molecule has 1 aliphatic carbocycles. The normalized spacial score (nSPS) is 32.0. The van der Waals surface area contributed by atoms with Crippen molar-refractivity contribution in [2.45, 2.75) is 103 Å². The number of carbonyl (C=O) groups excluding carboxylic acids is 3. The standard InChI is InChI=1S/C31H38F2N4O7/c1-16-20(15-38)37-14-22(16)41-26-19(34-18-11-12-21-24(23(18)35-26)43-31(32,33)42-21)10-8-6-7-9-17-13-30(17,5)44-28(40)36-25(27(37)39)29(2,3)4/h11-12,15-17,20,22,25H,6-10,13-14H2,1-5H3,(H,36,40)/t16-,17+,20+,22-,25+,30+/m0/s1. The van der Waals surface area contributed by atoms with Gasteiger partial charge >= 0.3 is 12.4 Å². The number of halogens is 2. The van der Waals surface area contributed by atoms with E-state index in [4.69, 9.17) is 19.2 Å². The van der Waals surface area contributed by atoms with E-state index >= 15 is 0 Å². The van der Waals surface area contributed by atoms with Crippen LogP contribution in [0.25, 0.3) is 11.0 Å². The largest absolute Gasteiger partial charge is 0.586 e. The van der Waals surface area contributed by atoms with Gasteiger partial charge in [-0.1, -0.05) is 40.5 Å². The maximum absolute atomic E-state index is 14.0. The van der Waals surface area contributed by atoms with Gasteiger partial charge in [0.15, 0.2) is 5.75 Å². The van der Waals surface area contributed by atoms with Crippen molar-refractivity contribution in [3.05, 3.63) is 17.8 Å². The van der Waals surface area contributed by atoms with E-state index in [1.807, 2.05) is 27.7 Å². The van der Waals surface area contributed by atoms with E-state index < -0.39 is 53.4 Å². The summed E-state index contributed by atoms with van der Waals surface area (Å²) >= 11 is 0. The highest BCUT2D eigenvalue weighted by Crippen LogP contribution is 2.50. The fraction of sp³-hybridized carbons (Fsp3) is 0.645. The van der Waals surface area contributed by atoms with Crippen molar-refractivity contribution in [2.75, 3.05) is 6.54 Å². The van der Waals surface area contributed by atoms with Crippen molar-refractivity contribution >= 4 is 29.3 Å². The van der Waals surface area contributed by atoms with Crippen molar-refractivity contribution in [3.8, 4) is 17.4 Å². The van der Waals surface area contributed by atoms with Gasteiger partial charge in [-0.25, -0.2) is 14.8 Å². The summed E-state index contributed by atoms with van der Waals surface area (Å²) in [6, 6.07) is 1.12. The topological polar surface area (TPSA) is 129 Å². The van der Waals surface area contributed by atoms with Crippen LogP contribution in [-0.4, -0.2) is 69.8 Å². The Labute approximate surface area is 254 Å². The van der Waals surface area contributed by atoms with Crippen LogP contribution in [-0.2, 0) is 20.7 Å². The Morgan fingerprint density at radius 3 is 2.59 bits per heavy atom. The zero-order chi connectivity index (χ0) is 31.6. The molecule has 4 aliphatic rings. The van der Waals surface area contributed by atoms with Crippen LogP contribution in [0, 0.1) is 17.3 Å². The van der Waals surface area contributed by atoms with Gasteiger partial charge in [-0.05, 0) is 50.2 Å². The molecule has 0 spiro atoms. The van der Waals surface area contributed by atoms with Crippen LogP contribution >= 0.6 is 0 Å². The molecule has 6 rings (SSSR count). The molecule has 13 heteroatoms. The van der Waals surface area contributed by atoms with Gasteiger partial charge in [0.25, 0.3) is 0 Å². The third-order valence-electron chi connectivity index (χ3n) is 9.31. The van der Waals surface area contributed by atoms with E-state index in [0.717, 1.165) is 32.1 Å². The fourth-order valence-corrected chi connectivity index (χ4v) is 6.51. The molecule has 2 aromatic rings. The first-order valence-electron chi connectivity index (χ1n) is 15.2. The fourth-order valence-electron chi connectivity index (χ4n) is 6.51. The SMILES string of the molecule is C[C@@H]1[C@@H]2CN(C(=O)[C@H](C(C)(C)C)NC(=O)O[C@]3(C)C[C@H]3CCCCCc3nc4ccc5c(c4nc3O2)OC(F)(F)O5)[C@@H]1C=O. The lowest BCUT2D eigenvalue weighted by molar-refractivity contribution is -0.286. The second kappa shape index (κ2) is 10.7. The molecule has 11 nitrogen and oxygen atoms in total. The van der Waals surface area contributed by atoms with Crippen molar-refractivity contribution in [2.24, 2.45) is 17.3 Å². The molecule has 6 atom stereocenters. The molecule has 238 valence electrons. The Morgan fingerprint density at radius 1 is 1.09 bits per heavy atom. The number of benzene rings is 1. The summed E-state index contributed by atoms with van der Waals surface area (Å²) in [7, 11) is 0. The van der Waals surface area contributed by atoms with Crippen LogP contribution in [0.3, 0.4) is 0 Å². The van der Waals surface area contributed by atoms with E-state index in [9.17, 15) is 23.2 Å². The molecule has 4 heterocycles. The molecule has 44 heavy (non-hydrogen) atoms. The molecular weight excluding hydrogens is 578 g/mol. The molecule has 2 amide bonds. The van der Waals surface area contributed by atoms with Crippen LogP contribution in [0.4, 0.5) is 13.6 Å². The lowest BCUT2D eigenvalue weighted by atomic mass is 9.85. The van der Waals surface area contributed by atoms with Crippen LogP contribution in [0.2, 0.25) is 0 Å². The van der Waals surface area contributed by atoms with Crippen molar-refractivity contribution in [1.29, 1.82) is 0 Å². The van der Waals surface area contributed by atoms with E-state index in [0.29, 0.717) is 23.9 Å². The van der Waals surface area contributed by atoms with Gasteiger partial charge in [0.2, 0.25) is 17.5 Å². The average Bonchev–Trinajstić information content (AvgIpc) is 3.27. The number of nitrogens with one attached hydrogen (secondary N) is 1. The minimum absolute atomic E-state index is 0.0379. The minimum Gasteiger partial charge on any atom is -0.471 e. The Bertz CT molecular complexity index is 1500. The molecular formula is C31H38F2N4O7. The molecule has 1 saturated carbocycles. The maximum atomic E-state index is 14.0. The number of aryl methyl sites for hydroxylation is 1. The molecule has 3 aliphatic heterocycles. The molecule has 1 aromatic heterocycles. The molecule has 1 aromatic carbocycles. The number of amides is 2. The van der Waals surface area contributed by atoms with Crippen LogP contribution in [0.5, 0.6) is 17.4 Å². The molecule has 1 N–H and O–H groups in total. The van der Waals surface area contributed by atoms with E-state index in [1.54, 1.807) is 13.0 Å². The van der Waals surface area contributed by atoms with Crippen molar-refractivity contribution < 1.29 is 42.1 Å². The van der Waals surface area contributed by atoms with Gasteiger partial charge < -0.3 is 34.0 Å². The Kier molecular flexibility index (Phi) is 7.35. The van der Waals surface area contributed by atoms with Gasteiger partial charge in [0.1, 0.15) is 35.2 Å². The monoisotopic (exact) mass is 616 g/mol. The molecule has 0 unspecified atom stereocenters. The first-order chi connectivity index (χ1) is 20.7. The summed E-state index contributed by atoms with van der Waals surface area (Å²) in [5.41, 5.74) is -0.324. The number of hydrogen-bond acceptors (Lipinski definition) is 9. The number of fused-ring (bicyclic) bond motifs is 7. The highest BCUT2D eigenvalue weighted by Gasteiger charge is 2.54. The van der Waals surface area contributed by atoms with E-state index in [1.165, 1.54) is 11.0 Å². The number of alkyl halides is 2. The summed E-state index contributed by atoms with van der Waals surface area (Å²) in [6.45, 7) is 9.24. The number of ether oxygens (including phenoxy) is 4. The maximum Gasteiger partial charge on any atom is 0.586 e. The summed E-state index contributed by atoms with van der Waals surface area (Å²) in [5, 5.41) is 2.78. The Balaban J connectivity index is 1.37. The predicted octanol–water partition coefficient (Wildman–Crippen LogP) is 4.78. The molecule has 0 radical (unpaired) electrons. The smallest absolute Gasteiger partial charge is 0.471 e. The average molecular weight is 617 g/mol. The highest BCUT2D eigenvalue weighted by molar-refractivity contribution is 5.89. The van der Waals surface area contributed by atoms with Gasteiger partial charge in [-0.15, -0.1) is 8.78 Å². The Hall–Kier alpha value is -3.77. The van der Waals surface area contributed by atoms with Gasteiger partial charge in [-0.3, -0.25) is 4.79 Å². The Morgan fingerprint density at radius 2 is 1.86 bits per heavy atom. The van der Waals surface area contributed by atoms with Gasteiger partial charge in [-0.2, -0.15) is 0 Å². The summed E-state index contributed by atoms with van der Waals surface area (Å²) < 4.78 is 49.5. The van der Waals surface area contributed by atoms with Crippen LogP contribution in [0.15, 0.2) is 12.1 Å².